The van der Waals surface area contributed by atoms with Crippen molar-refractivity contribution in [1.82, 2.24) is 20.3 Å². The number of aryl methyl sites for hydroxylation is 2. The molecule has 2 aliphatic heterocycles. The molecule has 22 heavy (non-hydrogen) atoms. The van der Waals surface area contributed by atoms with Crippen molar-refractivity contribution in [3.8, 4) is 0 Å². The zero-order chi connectivity index (χ0) is 15.1. The first-order valence-electron chi connectivity index (χ1n) is 7.72. The van der Waals surface area contributed by atoms with Crippen molar-refractivity contribution in [3.63, 3.8) is 0 Å². The summed E-state index contributed by atoms with van der Waals surface area (Å²) < 4.78 is 16.6. The molecule has 7 heteroatoms. The third kappa shape index (κ3) is 2.66. The van der Waals surface area contributed by atoms with E-state index in [0.717, 1.165) is 50.0 Å². The van der Waals surface area contributed by atoms with E-state index in [-0.39, 0.29) is 0 Å². The van der Waals surface area contributed by atoms with Gasteiger partial charge in [-0.05, 0) is 12.8 Å². The van der Waals surface area contributed by atoms with Gasteiger partial charge in [0.2, 0.25) is 11.8 Å². The van der Waals surface area contributed by atoms with Gasteiger partial charge in [-0.15, -0.1) is 10.2 Å². The Hall–Kier alpha value is -1.73. The summed E-state index contributed by atoms with van der Waals surface area (Å²) in [7, 11) is 0. The molecule has 0 radical (unpaired) electrons. The lowest BCUT2D eigenvalue weighted by molar-refractivity contribution is 0.0932. The maximum Gasteiger partial charge on any atom is 0.216 e. The van der Waals surface area contributed by atoms with E-state index >= 15 is 0 Å². The summed E-state index contributed by atoms with van der Waals surface area (Å²) >= 11 is 0. The molecule has 0 spiro atoms. The first kappa shape index (κ1) is 13.9. The van der Waals surface area contributed by atoms with Crippen molar-refractivity contribution in [3.05, 3.63) is 29.3 Å². The van der Waals surface area contributed by atoms with Crippen molar-refractivity contribution in [2.45, 2.75) is 32.9 Å². The van der Waals surface area contributed by atoms with Gasteiger partial charge in [0, 0.05) is 45.0 Å². The van der Waals surface area contributed by atoms with Crippen LogP contribution < -0.4 is 0 Å². The Kier molecular flexibility index (Phi) is 3.46. The number of rotatable bonds is 4. The summed E-state index contributed by atoms with van der Waals surface area (Å²) in [6.07, 6.45) is 1.11. The molecule has 0 amide bonds. The third-order valence-electron chi connectivity index (χ3n) is 4.58. The van der Waals surface area contributed by atoms with Crippen molar-refractivity contribution in [2.75, 3.05) is 19.7 Å². The van der Waals surface area contributed by atoms with Crippen LogP contribution in [0.4, 0.5) is 0 Å². The Morgan fingerprint density at radius 1 is 1.27 bits per heavy atom. The Bertz CT molecular complexity index is 653. The number of aromatic nitrogens is 3. The summed E-state index contributed by atoms with van der Waals surface area (Å²) in [5.74, 6) is 3.18. The maximum absolute atomic E-state index is 5.97. The molecule has 2 aromatic heterocycles. The minimum Gasteiger partial charge on any atom is -0.426 e. The van der Waals surface area contributed by atoms with Gasteiger partial charge in [-0.2, -0.15) is 0 Å². The largest absolute Gasteiger partial charge is 0.426 e. The highest BCUT2D eigenvalue weighted by Crippen LogP contribution is 2.35. The summed E-state index contributed by atoms with van der Waals surface area (Å²) in [5, 5.41) is 12.1. The normalized spacial score (nSPS) is 28.4. The fourth-order valence-electron chi connectivity index (χ4n) is 3.59. The fourth-order valence-corrected chi connectivity index (χ4v) is 3.59. The average Bonchev–Trinajstić information content (AvgIpc) is 3.20. The topological polar surface area (TPSA) is 77.4 Å². The van der Waals surface area contributed by atoms with Gasteiger partial charge in [0.05, 0.1) is 18.4 Å². The van der Waals surface area contributed by atoms with Crippen LogP contribution in [0.15, 0.2) is 15.0 Å². The van der Waals surface area contributed by atoms with E-state index in [4.69, 9.17) is 13.7 Å². The molecule has 4 rings (SSSR count). The van der Waals surface area contributed by atoms with E-state index in [2.05, 4.69) is 20.3 Å². The van der Waals surface area contributed by atoms with Crippen molar-refractivity contribution in [1.29, 1.82) is 0 Å². The lowest BCUT2D eigenvalue weighted by Crippen LogP contribution is -2.25. The molecule has 0 saturated carbocycles. The monoisotopic (exact) mass is 304 g/mol. The van der Waals surface area contributed by atoms with Crippen molar-refractivity contribution >= 4 is 0 Å². The van der Waals surface area contributed by atoms with Crippen molar-refractivity contribution < 1.29 is 13.7 Å². The highest BCUT2D eigenvalue weighted by Gasteiger charge is 2.44. The van der Waals surface area contributed by atoms with Crippen LogP contribution in [-0.4, -0.2) is 46.1 Å². The first-order chi connectivity index (χ1) is 10.7. The quantitative estimate of drug-likeness (QED) is 0.844. The van der Waals surface area contributed by atoms with E-state index in [0.29, 0.717) is 23.8 Å². The van der Waals surface area contributed by atoms with Crippen LogP contribution in [0, 0.1) is 25.7 Å². The van der Waals surface area contributed by atoms with Crippen LogP contribution in [0.25, 0.3) is 0 Å². The predicted molar refractivity (Wildman–Crippen MR) is 76.0 cm³/mol. The van der Waals surface area contributed by atoms with Gasteiger partial charge in [-0.25, -0.2) is 0 Å². The molecule has 0 aromatic carbocycles. The first-order valence-corrected chi connectivity index (χ1v) is 7.72. The van der Waals surface area contributed by atoms with Crippen molar-refractivity contribution in [2.24, 2.45) is 11.8 Å². The average molecular weight is 304 g/mol. The summed E-state index contributed by atoms with van der Waals surface area (Å²) in [5.41, 5.74) is 0.988. The molecule has 0 aliphatic carbocycles. The summed E-state index contributed by atoms with van der Waals surface area (Å²) in [4.78, 5) is 2.39. The van der Waals surface area contributed by atoms with Crippen LogP contribution in [0.5, 0.6) is 0 Å². The van der Waals surface area contributed by atoms with Gasteiger partial charge >= 0.3 is 0 Å². The van der Waals surface area contributed by atoms with E-state index in [1.165, 1.54) is 0 Å². The Morgan fingerprint density at radius 3 is 2.91 bits per heavy atom. The summed E-state index contributed by atoms with van der Waals surface area (Å²) in [6.45, 7) is 7.32. The Balaban J connectivity index is 1.38. The maximum atomic E-state index is 5.97. The molecular formula is C15H20N4O3. The molecule has 0 unspecified atom stereocenters. The van der Waals surface area contributed by atoms with Gasteiger partial charge in [0.1, 0.15) is 5.76 Å². The number of ether oxygens (including phenoxy) is 1. The van der Waals surface area contributed by atoms with E-state index in [1.54, 1.807) is 0 Å². The second kappa shape index (κ2) is 5.48. The second-order valence-corrected chi connectivity index (χ2v) is 6.34. The molecule has 3 atom stereocenters. The molecule has 2 saturated heterocycles. The third-order valence-corrected chi connectivity index (χ3v) is 4.58. The van der Waals surface area contributed by atoms with Gasteiger partial charge in [-0.1, -0.05) is 5.16 Å². The molecule has 7 nitrogen and oxygen atoms in total. The highest BCUT2D eigenvalue weighted by molar-refractivity contribution is 5.05. The second-order valence-electron chi connectivity index (χ2n) is 6.34. The molecule has 118 valence electrons. The number of nitrogens with zero attached hydrogens (tertiary/aromatic N) is 4. The highest BCUT2D eigenvalue weighted by atomic mass is 16.5. The molecule has 2 fully saturated rings. The van der Waals surface area contributed by atoms with Gasteiger partial charge < -0.3 is 13.7 Å². The molecule has 2 aromatic rings. The number of hydrogen-bond acceptors (Lipinski definition) is 7. The Morgan fingerprint density at radius 2 is 2.18 bits per heavy atom. The van der Waals surface area contributed by atoms with Crippen LogP contribution in [0.2, 0.25) is 0 Å². The molecule has 4 heterocycles. The van der Waals surface area contributed by atoms with Gasteiger partial charge in [0.25, 0.3) is 0 Å². The lowest BCUT2D eigenvalue weighted by atomic mass is 9.90. The van der Waals surface area contributed by atoms with Crippen LogP contribution >= 0.6 is 0 Å². The zero-order valence-electron chi connectivity index (χ0n) is 12.9. The minimum atomic E-state index is 0.307. The standard InChI is InChI=1S/C15H20N4O3/c1-9-3-12(18-22-9)5-19-6-13-11(8-20-14(13)7-19)4-15-17-16-10(2)21-15/h3,11,13-14H,4-8H2,1-2H3/t11-,13-,14-/m1/s1. The van der Waals surface area contributed by atoms with Crippen LogP contribution in [-0.2, 0) is 17.7 Å². The van der Waals surface area contributed by atoms with Crippen LogP contribution in [0.1, 0.15) is 23.2 Å². The lowest BCUT2D eigenvalue weighted by Gasteiger charge is -2.17. The number of fused-ring (bicyclic) bond motifs is 1. The van der Waals surface area contributed by atoms with E-state index < -0.39 is 0 Å². The fraction of sp³-hybridized carbons (Fsp3) is 0.667. The summed E-state index contributed by atoms with van der Waals surface area (Å²) in [6, 6.07) is 1.99. The molecule has 0 N–H and O–H groups in total. The smallest absolute Gasteiger partial charge is 0.216 e. The minimum absolute atomic E-state index is 0.307. The Labute approximate surface area is 128 Å². The molecular weight excluding hydrogens is 284 g/mol. The zero-order valence-corrected chi connectivity index (χ0v) is 12.9. The molecule has 0 bridgehead atoms. The van der Waals surface area contributed by atoms with E-state index in [1.807, 2.05) is 19.9 Å². The predicted octanol–water partition coefficient (Wildman–Crippen LogP) is 1.36. The van der Waals surface area contributed by atoms with E-state index in [9.17, 15) is 0 Å². The molecule has 2 aliphatic rings. The van der Waals surface area contributed by atoms with Crippen LogP contribution in [0.3, 0.4) is 0 Å². The van der Waals surface area contributed by atoms with Gasteiger partial charge in [-0.3, -0.25) is 4.90 Å². The number of likely N-dealkylation sites (tertiary alicyclic amines) is 1. The SMILES string of the molecule is Cc1cc(CN2C[C@@H]3[C@H](Cc4nnc(C)o4)CO[C@@H]3C2)no1. The van der Waals surface area contributed by atoms with Gasteiger partial charge in [0.15, 0.2) is 0 Å². The number of hydrogen-bond donors (Lipinski definition) is 0.